The van der Waals surface area contributed by atoms with Crippen molar-refractivity contribution in [3.63, 3.8) is 0 Å². The van der Waals surface area contributed by atoms with Gasteiger partial charge in [0.25, 0.3) is 0 Å². The van der Waals surface area contributed by atoms with Crippen LogP contribution in [0, 0.1) is 19.8 Å². The number of nitrogens with one attached hydrogen (secondary N) is 1. The number of aromatic nitrogens is 6. The number of nitrogens with zero attached hydrogens (tertiary/aromatic N) is 6. The summed E-state index contributed by atoms with van der Waals surface area (Å²) < 4.78 is 13.2. The van der Waals surface area contributed by atoms with Gasteiger partial charge < -0.3 is 19.4 Å². The molecule has 4 aromatic heterocycles. The molecule has 1 atom stereocenters. The molecule has 4 aromatic rings. The molecule has 9 nitrogen and oxygen atoms in total. The van der Waals surface area contributed by atoms with Crippen molar-refractivity contribution in [1.82, 2.24) is 29.7 Å². The van der Waals surface area contributed by atoms with Crippen molar-refractivity contribution in [3.8, 4) is 22.6 Å². The van der Waals surface area contributed by atoms with E-state index >= 15 is 0 Å². The second-order valence-electron chi connectivity index (χ2n) is 9.28. The Bertz CT molecular complexity index is 1340. The smallest absolute Gasteiger partial charge is 0.162 e. The third-order valence-electron chi connectivity index (χ3n) is 6.85. The minimum absolute atomic E-state index is 0. The van der Waals surface area contributed by atoms with Gasteiger partial charge in [0.1, 0.15) is 11.5 Å². The fraction of sp³-hybridized carbons (Fsp3) is 0.462. The molecule has 0 bridgehead atoms. The topological polar surface area (TPSA) is 94.0 Å². The zero-order valence-corrected chi connectivity index (χ0v) is 19.8. The van der Waals surface area contributed by atoms with E-state index in [-0.39, 0.29) is 13.5 Å². The Balaban J connectivity index is 0.00000253. The van der Waals surface area contributed by atoms with Crippen molar-refractivity contribution >= 4 is 16.9 Å². The van der Waals surface area contributed by atoms with Crippen molar-refractivity contribution in [3.05, 3.63) is 42.0 Å². The van der Waals surface area contributed by atoms with E-state index in [0.29, 0.717) is 25.0 Å². The van der Waals surface area contributed by atoms with Crippen molar-refractivity contribution in [1.29, 1.82) is 0 Å². The summed E-state index contributed by atoms with van der Waals surface area (Å²) in [6.45, 7) is 11.0. The Labute approximate surface area is 205 Å². The molecule has 0 radical (unpaired) electrons. The van der Waals surface area contributed by atoms with Crippen LogP contribution in [0.2, 0.25) is 0 Å². The molecule has 2 fully saturated rings. The van der Waals surface area contributed by atoms with E-state index < -0.39 is 0 Å². The van der Waals surface area contributed by atoms with Gasteiger partial charge in [0, 0.05) is 59.7 Å². The SMILES string of the molecule is C.Cc1nn(CC2COC2)c(C)c1-c1cc(N2CCOC[C@H]2C)nc(-c2ccnc3[nH]ccc23)n1. The van der Waals surface area contributed by atoms with E-state index in [1.165, 1.54) is 0 Å². The highest BCUT2D eigenvalue weighted by Gasteiger charge is 2.26. The molecule has 1 N–H and O–H groups in total. The number of hydrogen-bond acceptors (Lipinski definition) is 7. The second kappa shape index (κ2) is 9.39. The molecule has 6 rings (SSSR count). The van der Waals surface area contributed by atoms with Crippen LogP contribution in [0.3, 0.4) is 0 Å². The van der Waals surface area contributed by atoms with Crippen molar-refractivity contribution in [2.45, 2.75) is 40.8 Å². The number of pyridine rings is 1. The number of aromatic amines is 1. The second-order valence-corrected chi connectivity index (χ2v) is 9.28. The quantitative estimate of drug-likeness (QED) is 0.466. The van der Waals surface area contributed by atoms with E-state index in [4.69, 9.17) is 24.5 Å². The van der Waals surface area contributed by atoms with Crippen LogP contribution in [0.4, 0.5) is 5.82 Å². The summed E-state index contributed by atoms with van der Waals surface area (Å²) in [6, 6.07) is 6.36. The number of H-pyrrole nitrogens is 1. The predicted molar refractivity (Wildman–Crippen MR) is 136 cm³/mol. The van der Waals surface area contributed by atoms with Gasteiger partial charge in [-0.3, -0.25) is 4.68 Å². The molecule has 2 saturated heterocycles. The van der Waals surface area contributed by atoms with Crippen LogP contribution in [-0.4, -0.2) is 68.7 Å². The highest BCUT2D eigenvalue weighted by molar-refractivity contribution is 5.91. The summed E-state index contributed by atoms with van der Waals surface area (Å²) in [4.78, 5) is 20.1. The lowest BCUT2D eigenvalue weighted by atomic mass is 10.1. The molecule has 0 saturated carbocycles. The number of morpholine rings is 1. The van der Waals surface area contributed by atoms with Gasteiger partial charge in [-0.15, -0.1) is 0 Å². The molecule has 0 spiro atoms. The lowest BCUT2D eigenvalue weighted by Crippen LogP contribution is -2.44. The van der Waals surface area contributed by atoms with Gasteiger partial charge in [-0.05, 0) is 32.9 Å². The first-order valence-corrected chi connectivity index (χ1v) is 11.9. The molecule has 9 heteroatoms. The van der Waals surface area contributed by atoms with Gasteiger partial charge >= 0.3 is 0 Å². The normalized spacial score (nSPS) is 18.5. The highest BCUT2D eigenvalue weighted by atomic mass is 16.5. The van der Waals surface area contributed by atoms with Crippen molar-refractivity contribution in [2.75, 3.05) is 37.9 Å². The predicted octanol–water partition coefficient (Wildman–Crippen LogP) is 4.01. The summed E-state index contributed by atoms with van der Waals surface area (Å²) in [5, 5.41) is 5.87. The van der Waals surface area contributed by atoms with Crippen LogP contribution in [0.1, 0.15) is 25.7 Å². The summed E-state index contributed by atoms with van der Waals surface area (Å²) in [7, 11) is 0. The summed E-state index contributed by atoms with van der Waals surface area (Å²) in [5.41, 5.74) is 5.86. The van der Waals surface area contributed by atoms with Crippen molar-refractivity contribution < 1.29 is 9.47 Å². The zero-order chi connectivity index (χ0) is 23.2. The maximum atomic E-state index is 5.68. The number of anilines is 1. The number of hydrogen-bond donors (Lipinski definition) is 1. The van der Waals surface area contributed by atoms with Crippen molar-refractivity contribution in [2.24, 2.45) is 5.92 Å². The van der Waals surface area contributed by atoms with Gasteiger partial charge in [0.2, 0.25) is 0 Å². The third-order valence-corrected chi connectivity index (χ3v) is 6.85. The summed E-state index contributed by atoms with van der Waals surface area (Å²) >= 11 is 0. The minimum Gasteiger partial charge on any atom is -0.381 e. The number of rotatable bonds is 5. The van der Waals surface area contributed by atoms with E-state index in [2.05, 4.69) is 46.4 Å². The van der Waals surface area contributed by atoms with Crippen LogP contribution in [-0.2, 0) is 16.0 Å². The fourth-order valence-corrected chi connectivity index (χ4v) is 4.93. The van der Waals surface area contributed by atoms with E-state index in [0.717, 1.165) is 71.4 Å². The largest absolute Gasteiger partial charge is 0.381 e. The molecule has 0 aliphatic carbocycles. The summed E-state index contributed by atoms with van der Waals surface area (Å²) in [5.74, 6) is 2.13. The molecule has 184 valence electrons. The number of ether oxygens (including phenoxy) is 2. The minimum atomic E-state index is 0. The average molecular weight is 476 g/mol. The zero-order valence-electron chi connectivity index (χ0n) is 19.8. The van der Waals surface area contributed by atoms with Crippen LogP contribution >= 0.6 is 0 Å². The van der Waals surface area contributed by atoms with Crippen LogP contribution in [0.25, 0.3) is 33.7 Å². The maximum absolute atomic E-state index is 5.68. The Kier molecular flexibility index (Phi) is 6.29. The number of fused-ring (bicyclic) bond motifs is 1. The first kappa shape index (κ1) is 23.4. The highest BCUT2D eigenvalue weighted by Crippen LogP contribution is 2.33. The fourth-order valence-electron chi connectivity index (χ4n) is 4.93. The molecule has 0 unspecified atom stereocenters. The van der Waals surface area contributed by atoms with Gasteiger partial charge in [0.05, 0.1) is 43.9 Å². The van der Waals surface area contributed by atoms with Gasteiger partial charge in [-0.25, -0.2) is 15.0 Å². The average Bonchev–Trinajstić information content (AvgIpc) is 3.40. The molecule has 0 amide bonds. The monoisotopic (exact) mass is 475 g/mol. The standard InChI is InChI=1S/C25H29N7O2.CH4/c1-15-12-33-9-8-31(15)22-10-21(23-16(2)30-32(17(23)3)11-18-13-34-14-18)28-25(29-22)20-5-7-27-24-19(20)4-6-26-24;/h4-7,10,15,18H,8-9,11-14H2,1-3H3,(H,26,27);1H4/t15-;/m1./s1. The van der Waals surface area contributed by atoms with E-state index in [9.17, 15) is 0 Å². The first-order valence-electron chi connectivity index (χ1n) is 11.9. The molecule has 6 heterocycles. The molecular weight excluding hydrogens is 442 g/mol. The molecule has 2 aliphatic heterocycles. The van der Waals surface area contributed by atoms with E-state index in [1.54, 1.807) is 6.20 Å². The third kappa shape index (κ3) is 4.19. The molecule has 2 aliphatic rings. The van der Waals surface area contributed by atoms with Gasteiger partial charge in [-0.1, -0.05) is 7.43 Å². The maximum Gasteiger partial charge on any atom is 0.162 e. The first-order chi connectivity index (χ1) is 16.6. The Morgan fingerprint density at radius 3 is 2.74 bits per heavy atom. The Morgan fingerprint density at radius 1 is 1.11 bits per heavy atom. The molecular formula is C26H33N7O2. The van der Waals surface area contributed by atoms with E-state index in [1.807, 2.05) is 18.3 Å². The Morgan fingerprint density at radius 2 is 1.97 bits per heavy atom. The van der Waals surface area contributed by atoms with Gasteiger partial charge in [0.15, 0.2) is 5.82 Å². The molecule has 35 heavy (non-hydrogen) atoms. The lowest BCUT2D eigenvalue weighted by Gasteiger charge is -2.34. The van der Waals surface area contributed by atoms with Crippen LogP contribution in [0.15, 0.2) is 30.6 Å². The van der Waals surface area contributed by atoms with Crippen LogP contribution < -0.4 is 4.90 Å². The molecule has 0 aromatic carbocycles. The lowest BCUT2D eigenvalue weighted by molar-refractivity contribution is -0.0411. The summed E-state index contributed by atoms with van der Waals surface area (Å²) in [6.07, 6.45) is 3.70. The van der Waals surface area contributed by atoms with Crippen LogP contribution in [0.5, 0.6) is 0 Å². The number of aryl methyl sites for hydroxylation is 1. The Hall–Kier alpha value is -3.30. The van der Waals surface area contributed by atoms with Gasteiger partial charge in [-0.2, -0.15) is 5.10 Å².